The number of anilines is 1. The van der Waals surface area contributed by atoms with Crippen LogP contribution in [0.3, 0.4) is 0 Å². The normalized spacial score (nSPS) is 11.8. The van der Waals surface area contributed by atoms with Gasteiger partial charge in [0.2, 0.25) is 5.95 Å². The second-order valence-electron chi connectivity index (χ2n) is 6.02. The van der Waals surface area contributed by atoms with E-state index in [1.807, 2.05) is 13.0 Å². The van der Waals surface area contributed by atoms with Gasteiger partial charge in [-0.1, -0.05) is 0 Å². The van der Waals surface area contributed by atoms with Crippen LogP contribution in [0.1, 0.15) is 22.8 Å². The minimum absolute atomic E-state index is 0.100. The fourth-order valence-corrected chi connectivity index (χ4v) is 2.66. The van der Waals surface area contributed by atoms with Crippen LogP contribution in [-0.2, 0) is 26.8 Å². The van der Waals surface area contributed by atoms with Gasteiger partial charge in [0.05, 0.1) is 29.3 Å². The molecule has 0 atom stereocenters. The van der Waals surface area contributed by atoms with Gasteiger partial charge in [-0.3, -0.25) is 9.36 Å². The van der Waals surface area contributed by atoms with Crippen LogP contribution in [0.5, 0.6) is 0 Å². The minimum atomic E-state index is -4.58. The Labute approximate surface area is 147 Å². The van der Waals surface area contributed by atoms with Crippen molar-refractivity contribution in [3.8, 4) is 11.3 Å². The third-order valence-electron chi connectivity index (χ3n) is 3.83. The Kier molecular flexibility index (Phi) is 4.43. The molecule has 0 unspecified atom stereocenters. The zero-order valence-corrected chi connectivity index (χ0v) is 14.8. The van der Waals surface area contributed by atoms with Crippen LogP contribution in [0.2, 0.25) is 0 Å². The zero-order valence-electron chi connectivity index (χ0n) is 14.8. The number of rotatable bonds is 4. The van der Waals surface area contributed by atoms with Gasteiger partial charge in [-0.15, -0.1) is 0 Å². The molecule has 26 heavy (non-hydrogen) atoms. The summed E-state index contributed by atoms with van der Waals surface area (Å²) in [7, 11) is 3.47. The topological polar surface area (TPSA) is 73.5 Å². The van der Waals surface area contributed by atoms with E-state index in [0.717, 1.165) is 17.5 Å². The number of halogens is 3. The summed E-state index contributed by atoms with van der Waals surface area (Å²) >= 11 is 0. The molecule has 0 saturated carbocycles. The Morgan fingerprint density at radius 2 is 1.81 bits per heavy atom. The number of aryl methyl sites for hydroxylation is 4. The van der Waals surface area contributed by atoms with Crippen molar-refractivity contribution in [3.63, 3.8) is 0 Å². The Morgan fingerprint density at radius 1 is 1.08 bits per heavy atom. The number of hydrogen-bond donors (Lipinski definition) is 1. The molecule has 3 aromatic rings. The summed E-state index contributed by atoms with van der Waals surface area (Å²) in [6.45, 7) is 3.81. The highest BCUT2D eigenvalue weighted by atomic mass is 19.4. The first-order valence-corrected chi connectivity index (χ1v) is 7.84. The SMILES string of the molecule is Cc1cc(CNc2nc(-c3cn(C)nc3C)cc(C(F)(F)F)n2)n(C)n1. The van der Waals surface area contributed by atoms with E-state index in [0.29, 0.717) is 11.3 Å². The van der Waals surface area contributed by atoms with Gasteiger partial charge in [0.25, 0.3) is 0 Å². The highest BCUT2D eigenvalue weighted by Gasteiger charge is 2.34. The molecule has 0 aromatic carbocycles. The molecule has 3 aromatic heterocycles. The molecular formula is C16H18F3N7. The summed E-state index contributed by atoms with van der Waals surface area (Å²) in [5.74, 6) is -0.100. The second-order valence-corrected chi connectivity index (χ2v) is 6.02. The molecule has 0 aliphatic heterocycles. The summed E-state index contributed by atoms with van der Waals surface area (Å²) in [5.41, 5.74) is 1.91. The highest BCUT2D eigenvalue weighted by molar-refractivity contribution is 5.62. The van der Waals surface area contributed by atoms with E-state index in [-0.39, 0.29) is 18.2 Å². The van der Waals surface area contributed by atoms with Gasteiger partial charge in [-0.25, -0.2) is 9.97 Å². The monoisotopic (exact) mass is 365 g/mol. The lowest BCUT2D eigenvalue weighted by molar-refractivity contribution is -0.141. The van der Waals surface area contributed by atoms with Gasteiger partial charge in [-0.05, 0) is 26.0 Å². The molecule has 0 aliphatic rings. The van der Waals surface area contributed by atoms with E-state index in [4.69, 9.17) is 0 Å². The molecular weight excluding hydrogens is 347 g/mol. The van der Waals surface area contributed by atoms with Gasteiger partial charge in [0, 0.05) is 25.9 Å². The van der Waals surface area contributed by atoms with E-state index >= 15 is 0 Å². The molecule has 7 nitrogen and oxygen atoms in total. The third-order valence-corrected chi connectivity index (χ3v) is 3.83. The average Bonchev–Trinajstić information content (AvgIpc) is 3.04. The van der Waals surface area contributed by atoms with Crippen molar-refractivity contribution < 1.29 is 13.2 Å². The summed E-state index contributed by atoms with van der Waals surface area (Å²) in [5, 5.41) is 11.2. The van der Waals surface area contributed by atoms with Gasteiger partial charge in [0.1, 0.15) is 0 Å². The lowest BCUT2D eigenvalue weighted by Crippen LogP contribution is -2.13. The molecule has 3 heterocycles. The predicted molar refractivity (Wildman–Crippen MR) is 89.2 cm³/mol. The van der Waals surface area contributed by atoms with Crippen LogP contribution < -0.4 is 5.32 Å². The lowest BCUT2D eigenvalue weighted by Gasteiger charge is -2.11. The van der Waals surface area contributed by atoms with Crippen molar-refractivity contribution in [2.24, 2.45) is 14.1 Å². The first-order valence-electron chi connectivity index (χ1n) is 7.84. The molecule has 0 fully saturated rings. The van der Waals surface area contributed by atoms with Crippen molar-refractivity contribution in [2.45, 2.75) is 26.6 Å². The quantitative estimate of drug-likeness (QED) is 0.770. The molecule has 0 aliphatic carbocycles. The van der Waals surface area contributed by atoms with Crippen LogP contribution in [0.25, 0.3) is 11.3 Å². The van der Waals surface area contributed by atoms with Crippen molar-refractivity contribution in [1.29, 1.82) is 0 Å². The zero-order chi connectivity index (χ0) is 19.1. The van der Waals surface area contributed by atoms with Crippen molar-refractivity contribution >= 4 is 5.95 Å². The van der Waals surface area contributed by atoms with Gasteiger partial charge in [-0.2, -0.15) is 23.4 Å². The van der Waals surface area contributed by atoms with Crippen LogP contribution in [-0.4, -0.2) is 29.5 Å². The molecule has 0 spiro atoms. The first kappa shape index (κ1) is 17.9. The number of hydrogen-bond acceptors (Lipinski definition) is 5. The number of nitrogens with zero attached hydrogens (tertiary/aromatic N) is 6. The van der Waals surface area contributed by atoms with E-state index in [2.05, 4.69) is 25.5 Å². The maximum atomic E-state index is 13.2. The number of aromatic nitrogens is 6. The van der Waals surface area contributed by atoms with Crippen LogP contribution in [0.15, 0.2) is 18.3 Å². The molecule has 10 heteroatoms. The standard InChI is InChI=1S/C16H18F3N7/c1-9-5-11(26(4)23-9)7-20-15-21-13(6-14(22-15)16(17,18)19)12-8-25(3)24-10(12)2/h5-6,8H,7H2,1-4H3,(H,20,21,22). The molecule has 0 bridgehead atoms. The van der Waals surface area contributed by atoms with E-state index in [1.54, 1.807) is 31.9 Å². The molecule has 1 N–H and O–H groups in total. The first-order chi connectivity index (χ1) is 12.1. The smallest absolute Gasteiger partial charge is 0.349 e. The highest BCUT2D eigenvalue weighted by Crippen LogP contribution is 2.31. The Morgan fingerprint density at radius 3 is 2.35 bits per heavy atom. The van der Waals surface area contributed by atoms with Crippen molar-refractivity contribution in [1.82, 2.24) is 29.5 Å². The largest absolute Gasteiger partial charge is 0.433 e. The lowest BCUT2D eigenvalue weighted by atomic mass is 10.1. The van der Waals surface area contributed by atoms with Crippen molar-refractivity contribution in [2.75, 3.05) is 5.32 Å². The van der Waals surface area contributed by atoms with Crippen LogP contribution in [0.4, 0.5) is 19.1 Å². The maximum absolute atomic E-state index is 13.2. The molecule has 0 saturated heterocycles. The van der Waals surface area contributed by atoms with Crippen LogP contribution >= 0.6 is 0 Å². The molecule has 0 radical (unpaired) electrons. The van der Waals surface area contributed by atoms with Crippen LogP contribution in [0, 0.1) is 13.8 Å². The average molecular weight is 365 g/mol. The summed E-state index contributed by atoms with van der Waals surface area (Å²) in [6, 6.07) is 2.77. The summed E-state index contributed by atoms with van der Waals surface area (Å²) in [4.78, 5) is 7.85. The number of nitrogens with one attached hydrogen (secondary N) is 1. The second kappa shape index (κ2) is 6.43. The Balaban J connectivity index is 1.97. The Hall–Kier alpha value is -2.91. The molecule has 3 rings (SSSR count). The van der Waals surface area contributed by atoms with Crippen molar-refractivity contribution in [3.05, 3.63) is 41.1 Å². The maximum Gasteiger partial charge on any atom is 0.433 e. The van der Waals surface area contributed by atoms with E-state index < -0.39 is 11.9 Å². The third kappa shape index (κ3) is 3.68. The fourth-order valence-electron chi connectivity index (χ4n) is 2.66. The fraction of sp³-hybridized carbons (Fsp3) is 0.375. The predicted octanol–water partition coefficient (Wildman–Crippen LogP) is 2.86. The summed E-state index contributed by atoms with van der Waals surface area (Å²) < 4.78 is 42.9. The van der Waals surface area contributed by atoms with Gasteiger partial charge < -0.3 is 5.32 Å². The number of alkyl halides is 3. The molecule has 0 amide bonds. The minimum Gasteiger partial charge on any atom is -0.349 e. The summed E-state index contributed by atoms with van der Waals surface area (Å²) in [6.07, 6.45) is -2.95. The molecule has 138 valence electrons. The van der Waals surface area contributed by atoms with Gasteiger partial charge in [0.15, 0.2) is 5.69 Å². The van der Waals surface area contributed by atoms with Gasteiger partial charge >= 0.3 is 6.18 Å². The van der Waals surface area contributed by atoms with E-state index in [1.165, 1.54) is 4.68 Å². The van der Waals surface area contributed by atoms with E-state index in [9.17, 15) is 13.2 Å². The Bertz CT molecular complexity index is 940.